The van der Waals surface area contributed by atoms with E-state index in [1.165, 1.54) is 5.56 Å². The number of alkyl halides is 1. The summed E-state index contributed by atoms with van der Waals surface area (Å²) < 4.78 is 0. The first-order valence-electron chi connectivity index (χ1n) is 6.09. The van der Waals surface area contributed by atoms with Crippen LogP contribution < -0.4 is 0 Å². The van der Waals surface area contributed by atoms with Crippen molar-refractivity contribution >= 4 is 21.7 Å². The standard InChI is InChI=1S/C16H13BrO/c17-15-10-14(11-6-2-1-3-7-11)12-8-4-5-9-13(12)16(15)18/h1-9,14-15H,10H2. The first-order chi connectivity index (χ1) is 8.77. The largest absolute Gasteiger partial charge is 0.293 e. The first kappa shape index (κ1) is 11.7. The monoisotopic (exact) mass is 300 g/mol. The molecule has 0 aliphatic heterocycles. The molecule has 2 heteroatoms. The summed E-state index contributed by atoms with van der Waals surface area (Å²) in [6.07, 6.45) is 0.833. The number of hydrogen-bond acceptors (Lipinski definition) is 1. The lowest BCUT2D eigenvalue weighted by Crippen LogP contribution is -2.26. The molecule has 0 N–H and O–H groups in total. The molecule has 90 valence electrons. The third-order valence-corrected chi connectivity index (χ3v) is 4.32. The van der Waals surface area contributed by atoms with Crippen LogP contribution in [0.5, 0.6) is 0 Å². The van der Waals surface area contributed by atoms with Crippen LogP contribution in [0.15, 0.2) is 54.6 Å². The van der Waals surface area contributed by atoms with E-state index in [0.29, 0.717) is 5.92 Å². The van der Waals surface area contributed by atoms with Gasteiger partial charge >= 0.3 is 0 Å². The molecule has 0 saturated carbocycles. The number of carbonyl (C=O) groups is 1. The summed E-state index contributed by atoms with van der Waals surface area (Å²) in [5.74, 6) is 0.516. The zero-order valence-electron chi connectivity index (χ0n) is 9.84. The highest BCUT2D eigenvalue weighted by molar-refractivity contribution is 9.10. The van der Waals surface area contributed by atoms with Gasteiger partial charge in [0.25, 0.3) is 0 Å². The Hall–Kier alpha value is -1.41. The average Bonchev–Trinajstić information content (AvgIpc) is 2.44. The Balaban J connectivity index is 2.13. The van der Waals surface area contributed by atoms with E-state index >= 15 is 0 Å². The minimum absolute atomic E-state index is 0.0717. The van der Waals surface area contributed by atoms with E-state index in [2.05, 4.69) is 46.3 Å². The zero-order valence-corrected chi connectivity index (χ0v) is 11.4. The van der Waals surface area contributed by atoms with E-state index in [1.54, 1.807) is 0 Å². The number of carbonyl (C=O) groups excluding carboxylic acids is 1. The van der Waals surface area contributed by atoms with E-state index in [-0.39, 0.29) is 10.6 Å². The molecule has 0 heterocycles. The Labute approximate surface area is 115 Å². The summed E-state index contributed by atoms with van der Waals surface area (Å²) in [5.41, 5.74) is 3.30. The number of benzene rings is 2. The highest BCUT2D eigenvalue weighted by atomic mass is 79.9. The molecular formula is C16H13BrO. The third kappa shape index (κ3) is 1.91. The fourth-order valence-electron chi connectivity index (χ4n) is 2.64. The van der Waals surface area contributed by atoms with Gasteiger partial charge in [-0.1, -0.05) is 70.5 Å². The summed E-state index contributed by atoms with van der Waals surface area (Å²) >= 11 is 3.51. The molecule has 0 bridgehead atoms. The van der Waals surface area contributed by atoms with Crippen LogP contribution in [0.3, 0.4) is 0 Å². The first-order valence-corrected chi connectivity index (χ1v) is 7.01. The van der Waals surface area contributed by atoms with Gasteiger partial charge in [0.05, 0.1) is 4.83 Å². The van der Waals surface area contributed by atoms with Crippen LogP contribution in [0.4, 0.5) is 0 Å². The van der Waals surface area contributed by atoms with E-state index in [1.807, 2.05) is 24.3 Å². The molecule has 0 fully saturated rings. The third-order valence-electron chi connectivity index (χ3n) is 3.53. The van der Waals surface area contributed by atoms with E-state index in [9.17, 15) is 4.79 Å². The highest BCUT2D eigenvalue weighted by Gasteiger charge is 2.32. The van der Waals surface area contributed by atoms with Gasteiger partial charge in [0.2, 0.25) is 0 Å². The van der Waals surface area contributed by atoms with Crippen molar-refractivity contribution in [3.63, 3.8) is 0 Å². The Bertz CT molecular complexity index is 577. The molecule has 0 saturated heterocycles. The van der Waals surface area contributed by atoms with Crippen LogP contribution in [0.25, 0.3) is 0 Å². The zero-order chi connectivity index (χ0) is 12.5. The molecule has 1 aliphatic rings. The average molecular weight is 301 g/mol. The van der Waals surface area contributed by atoms with Crippen molar-refractivity contribution in [1.29, 1.82) is 0 Å². The summed E-state index contributed by atoms with van der Waals surface area (Å²) in [6.45, 7) is 0. The molecule has 0 amide bonds. The Morgan fingerprint density at radius 2 is 1.61 bits per heavy atom. The second-order valence-corrected chi connectivity index (χ2v) is 5.72. The summed E-state index contributed by atoms with van der Waals surface area (Å²) in [5, 5.41) is 0. The Kier molecular flexibility index (Phi) is 3.04. The van der Waals surface area contributed by atoms with Gasteiger partial charge in [-0.25, -0.2) is 0 Å². The molecule has 1 nitrogen and oxygen atoms in total. The number of halogens is 1. The van der Waals surface area contributed by atoms with Gasteiger partial charge in [-0.15, -0.1) is 0 Å². The van der Waals surface area contributed by atoms with Crippen molar-refractivity contribution in [2.24, 2.45) is 0 Å². The van der Waals surface area contributed by atoms with Crippen LogP contribution >= 0.6 is 15.9 Å². The second-order valence-electron chi connectivity index (χ2n) is 4.62. The van der Waals surface area contributed by atoms with Crippen molar-refractivity contribution in [2.75, 3.05) is 0 Å². The van der Waals surface area contributed by atoms with Crippen LogP contribution in [0.1, 0.15) is 33.8 Å². The van der Waals surface area contributed by atoms with E-state index < -0.39 is 0 Å². The minimum atomic E-state index is -0.0717. The van der Waals surface area contributed by atoms with Crippen molar-refractivity contribution < 1.29 is 4.79 Å². The summed E-state index contributed by atoms with van der Waals surface area (Å²) in [7, 11) is 0. The van der Waals surface area contributed by atoms with Gasteiger partial charge in [-0.3, -0.25) is 4.79 Å². The molecule has 18 heavy (non-hydrogen) atoms. The van der Waals surface area contributed by atoms with E-state index in [0.717, 1.165) is 17.5 Å². The Morgan fingerprint density at radius 3 is 2.39 bits per heavy atom. The topological polar surface area (TPSA) is 17.1 Å². The van der Waals surface area contributed by atoms with Crippen LogP contribution in [-0.2, 0) is 0 Å². The van der Waals surface area contributed by atoms with Crippen LogP contribution in [0, 0.1) is 0 Å². The summed E-state index contributed by atoms with van der Waals surface area (Å²) in [6, 6.07) is 18.4. The molecule has 0 aromatic heterocycles. The van der Waals surface area contributed by atoms with Gasteiger partial charge in [0.15, 0.2) is 5.78 Å². The van der Waals surface area contributed by atoms with Gasteiger partial charge in [-0.2, -0.15) is 0 Å². The Morgan fingerprint density at radius 1 is 0.944 bits per heavy atom. The van der Waals surface area contributed by atoms with Gasteiger partial charge in [0, 0.05) is 11.5 Å². The lowest BCUT2D eigenvalue weighted by atomic mass is 9.78. The maximum atomic E-state index is 12.1. The fourth-order valence-corrected chi connectivity index (χ4v) is 3.26. The maximum Gasteiger partial charge on any atom is 0.176 e. The normalized spacial score (nSPS) is 22.6. The van der Waals surface area contributed by atoms with Crippen molar-refractivity contribution in [1.82, 2.24) is 0 Å². The minimum Gasteiger partial charge on any atom is -0.293 e. The quantitative estimate of drug-likeness (QED) is 0.723. The number of ketones is 1. The summed E-state index contributed by atoms with van der Waals surface area (Å²) in [4.78, 5) is 12.1. The molecule has 2 unspecified atom stereocenters. The predicted molar refractivity (Wildman–Crippen MR) is 76.4 cm³/mol. The number of fused-ring (bicyclic) bond motifs is 1. The van der Waals surface area contributed by atoms with Crippen LogP contribution in [-0.4, -0.2) is 10.6 Å². The van der Waals surface area contributed by atoms with Gasteiger partial charge in [0.1, 0.15) is 0 Å². The number of Topliss-reactive ketones (excluding diaryl/α,β-unsaturated/α-hetero) is 1. The molecule has 0 radical (unpaired) electrons. The molecule has 0 spiro atoms. The van der Waals surface area contributed by atoms with Crippen molar-refractivity contribution in [3.05, 3.63) is 71.3 Å². The lowest BCUT2D eigenvalue weighted by Gasteiger charge is -2.28. The van der Waals surface area contributed by atoms with Gasteiger partial charge in [-0.05, 0) is 17.5 Å². The molecule has 2 atom stereocenters. The SMILES string of the molecule is O=C1c2ccccc2C(c2ccccc2)CC1Br. The molecule has 3 rings (SSSR count). The smallest absolute Gasteiger partial charge is 0.176 e. The predicted octanol–water partition coefficient (Wildman–Crippen LogP) is 4.17. The van der Waals surface area contributed by atoms with Crippen LogP contribution in [0.2, 0.25) is 0 Å². The molecule has 2 aromatic carbocycles. The maximum absolute atomic E-state index is 12.1. The number of hydrogen-bond donors (Lipinski definition) is 0. The van der Waals surface area contributed by atoms with Gasteiger partial charge < -0.3 is 0 Å². The van der Waals surface area contributed by atoms with E-state index in [4.69, 9.17) is 0 Å². The van der Waals surface area contributed by atoms with Crippen molar-refractivity contribution in [3.8, 4) is 0 Å². The second kappa shape index (κ2) is 4.69. The number of rotatable bonds is 1. The highest BCUT2D eigenvalue weighted by Crippen LogP contribution is 2.38. The molecule has 1 aliphatic carbocycles. The lowest BCUT2D eigenvalue weighted by molar-refractivity contribution is 0.0979. The molecular weight excluding hydrogens is 288 g/mol. The fraction of sp³-hybridized carbons (Fsp3) is 0.188. The van der Waals surface area contributed by atoms with Crippen molar-refractivity contribution in [2.45, 2.75) is 17.2 Å². The molecule has 2 aromatic rings.